The number of nitrogens with zero attached hydrogens (tertiary/aromatic N) is 2. The molecule has 3 rings (SSSR count). The van der Waals surface area contributed by atoms with Crippen molar-refractivity contribution in [1.29, 1.82) is 5.26 Å². The number of hydrogen-bond donors (Lipinski definition) is 1. The van der Waals surface area contributed by atoms with E-state index in [1.165, 1.54) is 30.1 Å². The standard InChI is InChI=1S/C16H9F2N3OS/c1-23-15-7-20-9(6-19)4-10(15)12-5-14(22)16-11(18)2-8(17)3-13(16)21-12/h2-5,7H,1H3,(H,21,22). The number of nitrogens with one attached hydrogen (secondary N) is 1. The van der Waals surface area contributed by atoms with Crippen LogP contribution in [0.4, 0.5) is 8.78 Å². The van der Waals surface area contributed by atoms with Crippen LogP contribution >= 0.6 is 11.8 Å². The molecule has 0 saturated heterocycles. The first-order chi connectivity index (χ1) is 11.0. The maximum atomic E-state index is 13.8. The largest absolute Gasteiger partial charge is 0.354 e. The first-order valence-electron chi connectivity index (χ1n) is 6.50. The van der Waals surface area contributed by atoms with Gasteiger partial charge in [0.15, 0.2) is 5.43 Å². The van der Waals surface area contributed by atoms with E-state index in [1.54, 1.807) is 0 Å². The summed E-state index contributed by atoms with van der Waals surface area (Å²) >= 11 is 1.38. The lowest BCUT2D eigenvalue weighted by Gasteiger charge is -2.09. The molecule has 2 heterocycles. The van der Waals surface area contributed by atoms with E-state index in [2.05, 4.69) is 9.97 Å². The van der Waals surface area contributed by atoms with Crippen LogP contribution in [0.2, 0.25) is 0 Å². The number of hydrogen-bond acceptors (Lipinski definition) is 4. The summed E-state index contributed by atoms with van der Waals surface area (Å²) in [5.74, 6) is -1.69. The summed E-state index contributed by atoms with van der Waals surface area (Å²) in [5.41, 5.74) is 0.633. The molecule has 23 heavy (non-hydrogen) atoms. The molecule has 0 aliphatic heterocycles. The molecule has 1 aromatic carbocycles. The number of nitriles is 1. The van der Waals surface area contributed by atoms with Gasteiger partial charge in [-0.2, -0.15) is 5.26 Å². The molecule has 0 amide bonds. The number of pyridine rings is 2. The first kappa shape index (κ1) is 15.2. The third-order valence-corrected chi connectivity index (χ3v) is 4.10. The van der Waals surface area contributed by atoms with Gasteiger partial charge in [0, 0.05) is 28.8 Å². The van der Waals surface area contributed by atoms with Gasteiger partial charge in [-0.25, -0.2) is 13.8 Å². The lowest BCUT2D eigenvalue weighted by Crippen LogP contribution is -2.06. The van der Waals surface area contributed by atoms with Gasteiger partial charge in [0.2, 0.25) is 0 Å². The van der Waals surface area contributed by atoms with E-state index in [4.69, 9.17) is 5.26 Å². The summed E-state index contributed by atoms with van der Waals surface area (Å²) in [6.45, 7) is 0. The molecule has 0 aliphatic carbocycles. The second-order valence-corrected chi connectivity index (χ2v) is 5.59. The highest BCUT2D eigenvalue weighted by atomic mass is 32.2. The summed E-state index contributed by atoms with van der Waals surface area (Å²) in [6.07, 6.45) is 3.35. The Kier molecular flexibility index (Phi) is 3.84. The quantitative estimate of drug-likeness (QED) is 0.731. The van der Waals surface area contributed by atoms with Crippen LogP contribution in [-0.4, -0.2) is 16.2 Å². The molecule has 0 bridgehead atoms. The van der Waals surface area contributed by atoms with Gasteiger partial charge in [0.1, 0.15) is 23.4 Å². The van der Waals surface area contributed by atoms with Crippen LogP contribution in [0.3, 0.4) is 0 Å². The van der Waals surface area contributed by atoms with Gasteiger partial charge < -0.3 is 4.98 Å². The minimum Gasteiger partial charge on any atom is -0.354 e. The van der Waals surface area contributed by atoms with E-state index in [0.717, 1.165) is 11.0 Å². The summed E-state index contributed by atoms with van der Waals surface area (Å²) < 4.78 is 27.2. The molecule has 2 aromatic heterocycles. The molecular weight excluding hydrogens is 320 g/mol. The highest BCUT2D eigenvalue weighted by Gasteiger charge is 2.13. The summed E-state index contributed by atoms with van der Waals surface area (Å²) in [7, 11) is 0. The van der Waals surface area contributed by atoms with Crippen molar-refractivity contribution in [2.24, 2.45) is 0 Å². The maximum absolute atomic E-state index is 13.8. The van der Waals surface area contributed by atoms with Crippen molar-refractivity contribution in [1.82, 2.24) is 9.97 Å². The molecule has 4 nitrogen and oxygen atoms in total. The molecule has 3 aromatic rings. The number of aromatic amines is 1. The average Bonchev–Trinajstić information content (AvgIpc) is 2.53. The van der Waals surface area contributed by atoms with Gasteiger partial charge in [0.05, 0.1) is 16.6 Å². The number of rotatable bonds is 2. The van der Waals surface area contributed by atoms with Crippen LogP contribution in [-0.2, 0) is 0 Å². The van der Waals surface area contributed by atoms with Crippen LogP contribution in [0.25, 0.3) is 22.2 Å². The van der Waals surface area contributed by atoms with E-state index >= 15 is 0 Å². The smallest absolute Gasteiger partial charge is 0.192 e. The fourth-order valence-corrected chi connectivity index (χ4v) is 2.88. The van der Waals surface area contributed by atoms with Gasteiger partial charge in [0.25, 0.3) is 0 Å². The second kappa shape index (κ2) is 5.82. The van der Waals surface area contributed by atoms with Crippen molar-refractivity contribution in [3.8, 4) is 17.3 Å². The average molecular weight is 329 g/mol. The normalized spacial score (nSPS) is 10.7. The molecule has 0 fully saturated rings. The third-order valence-electron chi connectivity index (χ3n) is 3.34. The number of H-pyrrole nitrogens is 1. The summed E-state index contributed by atoms with van der Waals surface area (Å²) in [4.78, 5) is 19.8. The van der Waals surface area contributed by atoms with Gasteiger partial charge in [-0.3, -0.25) is 4.79 Å². The van der Waals surface area contributed by atoms with Crippen LogP contribution in [0.15, 0.2) is 40.2 Å². The molecule has 0 saturated carbocycles. The second-order valence-electron chi connectivity index (χ2n) is 4.74. The van der Waals surface area contributed by atoms with Crippen LogP contribution < -0.4 is 5.43 Å². The van der Waals surface area contributed by atoms with Gasteiger partial charge in [-0.05, 0) is 18.4 Å². The number of thioether (sulfide) groups is 1. The highest BCUT2D eigenvalue weighted by molar-refractivity contribution is 7.98. The molecule has 0 atom stereocenters. The Balaban J connectivity index is 2.34. The van der Waals surface area contributed by atoms with E-state index in [0.29, 0.717) is 17.3 Å². The maximum Gasteiger partial charge on any atom is 0.192 e. The summed E-state index contributed by atoms with van der Waals surface area (Å²) in [6, 6.07) is 6.42. The van der Waals surface area contributed by atoms with Crippen molar-refractivity contribution in [2.75, 3.05) is 6.26 Å². The van der Waals surface area contributed by atoms with Crippen molar-refractivity contribution in [3.63, 3.8) is 0 Å². The first-order valence-corrected chi connectivity index (χ1v) is 7.72. The Hall–Kier alpha value is -2.72. The number of aromatic nitrogens is 2. The van der Waals surface area contributed by atoms with Gasteiger partial charge >= 0.3 is 0 Å². The Morgan fingerprint density at radius 3 is 2.74 bits per heavy atom. The molecule has 1 N–H and O–H groups in total. The Morgan fingerprint density at radius 2 is 2.04 bits per heavy atom. The summed E-state index contributed by atoms with van der Waals surface area (Å²) in [5, 5.41) is 8.78. The molecule has 0 radical (unpaired) electrons. The van der Waals surface area contributed by atoms with Crippen LogP contribution in [0.1, 0.15) is 5.69 Å². The Morgan fingerprint density at radius 1 is 1.26 bits per heavy atom. The molecule has 7 heteroatoms. The monoisotopic (exact) mass is 329 g/mol. The van der Waals surface area contributed by atoms with Crippen molar-refractivity contribution in [3.05, 3.63) is 58.0 Å². The van der Waals surface area contributed by atoms with E-state index < -0.39 is 17.1 Å². The fraction of sp³-hybridized carbons (Fsp3) is 0.0625. The highest BCUT2D eigenvalue weighted by Crippen LogP contribution is 2.29. The van der Waals surface area contributed by atoms with Crippen LogP contribution in [0.5, 0.6) is 0 Å². The molecule has 114 valence electrons. The van der Waals surface area contributed by atoms with Crippen LogP contribution in [0, 0.1) is 23.0 Å². The lowest BCUT2D eigenvalue weighted by atomic mass is 10.1. The topological polar surface area (TPSA) is 69.5 Å². The van der Waals surface area contributed by atoms with Gasteiger partial charge in [-0.15, -0.1) is 11.8 Å². The minimum absolute atomic E-state index is 0.0624. The lowest BCUT2D eigenvalue weighted by molar-refractivity contribution is 0.591. The predicted molar refractivity (Wildman–Crippen MR) is 84.2 cm³/mol. The zero-order valence-corrected chi connectivity index (χ0v) is 12.7. The van der Waals surface area contributed by atoms with E-state index in [-0.39, 0.29) is 16.6 Å². The molecule has 0 aliphatic rings. The fourth-order valence-electron chi connectivity index (χ4n) is 2.33. The number of benzene rings is 1. The zero-order valence-electron chi connectivity index (χ0n) is 11.9. The SMILES string of the molecule is CSc1cnc(C#N)cc1-c1cc(=O)c2c(F)cc(F)cc2[nH]1. The molecular formula is C16H9F2N3OS. The zero-order chi connectivity index (χ0) is 16.6. The van der Waals surface area contributed by atoms with E-state index in [1.807, 2.05) is 12.3 Å². The van der Waals surface area contributed by atoms with E-state index in [9.17, 15) is 13.6 Å². The molecule has 0 unspecified atom stereocenters. The predicted octanol–water partition coefficient (Wildman–Crippen LogP) is 3.46. The van der Waals surface area contributed by atoms with Crippen molar-refractivity contribution in [2.45, 2.75) is 4.90 Å². The Bertz CT molecular complexity index is 1020. The van der Waals surface area contributed by atoms with Crippen molar-refractivity contribution < 1.29 is 8.78 Å². The number of halogens is 2. The minimum atomic E-state index is -0.912. The van der Waals surface area contributed by atoms with Gasteiger partial charge in [-0.1, -0.05) is 0 Å². The Labute approximate surface area is 133 Å². The number of fused-ring (bicyclic) bond motifs is 1. The van der Waals surface area contributed by atoms with Crippen molar-refractivity contribution >= 4 is 22.7 Å². The molecule has 0 spiro atoms. The third kappa shape index (κ3) is 2.69.